The van der Waals surface area contributed by atoms with Crippen molar-refractivity contribution < 1.29 is 4.79 Å². The number of amides is 1. The minimum absolute atomic E-state index is 0.254. The molecular formula is C12H11N3OS. The molecule has 0 aliphatic heterocycles. The molecule has 2 aromatic rings. The van der Waals surface area contributed by atoms with E-state index in [1.807, 2.05) is 12.1 Å². The first kappa shape index (κ1) is 11.4. The third-order valence-corrected chi connectivity index (χ3v) is 3.45. The molecule has 0 bridgehead atoms. The average molecular weight is 245 g/mol. The number of pyridine rings is 1. The van der Waals surface area contributed by atoms with Crippen LogP contribution in [-0.2, 0) is 0 Å². The topological polar surface area (TPSA) is 68.0 Å². The molecule has 1 amide bonds. The number of nitrogens with two attached hydrogens (primary N) is 1. The molecule has 4 nitrogen and oxygen atoms in total. The van der Waals surface area contributed by atoms with Crippen molar-refractivity contribution >= 4 is 33.1 Å². The molecular weight excluding hydrogens is 234 g/mol. The van der Waals surface area contributed by atoms with Crippen LogP contribution in [0.5, 0.6) is 0 Å². The second-order valence-corrected chi connectivity index (χ2v) is 4.61. The van der Waals surface area contributed by atoms with Gasteiger partial charge in [0.2, 0.25) is 0 Å². The van der Waals surface area contributed by atoms with Gasteiger partial charge in [-0.15, -0.1) is 17.8 Å². The number of aromatic nitrogens is 1. The summed E-state index contributed by atoms with van der Waals surface area (Å²) in [5.41, 5.74) is 6.97. The predicted molar refractivity (Wildman–Crippen MR) is 69.8 cm³/mol. The van der Waals surface area contributed by atoms with Crippen molar-refractivity contribution in [2.45, 2.75) is 13.0 Å². The van der Waals surface area contributed by atoms with Crippen LogP contribution in [0.15, 0.2) is 18.3 Å². The number of anilines is 1. The van der Waals surface area contributed by atoms with Gasteiger partial charge in [-0.25, -0.2) is 0 Å². The van der Waals surface area contributed by atoms with Crippen molar-refractivity contribution in [3.8, 4) is 12.3 Å². The van der Waals surface area contributed by atoms with Gasteiger partial charge in [-0.05, 0) is 19.1 Å². The lowest BCUT2D eigenvalue weighted by atomic mass is 10.3. The standard InChI is InChI=1S/C12H11N3OS/c1-3-7(2)15-12(16)11-9(13)10-8(17-11)5-4-6-14-10/h1,4-7H,13H2,2H3,(H,15,16). The maximum Gasteiger partial charge on any atom is 0.264 e. The molecule has 2 aromatic heterocycles. The van der Waals surface area contributed by atoms with Crippen LogP contribution in [0.1, 0.15) is 16.6 Å². The fraction of sp³-hybridized carbons (Fsp3) is 0.167. The van der Waals surface area contributed by atoms with Gasteiger partial charge in [-0.2, -0.15) is 0 Å². The van der Waals surface area contributed by atoms with Crippen LogP contribution in [0.3, 0.4) is 0 Å². The molecule has 0 saturated carbocycles. The second kappa shape index (κ2) is 4.44. The van der Waals surface area contributed by atoms with Gasteiger partial charge in [0.25, 0.3) is 5.91 Å². The third kappa shape index (κ3) is 2.08. The largest absolute Gasteiger partial charge is 0.396 e. The summed E-state index contributed by atoms with van der Waals surface area (Å²) in [6.07, 6.45) is 6.86. The molecule has 1 atom stereocenters. The van der Waals surface area contributed by atoms with Gasteiger partial charge in [0, 0.05) is 6.20 Å². The third-order valence-electron chi connectivity index (χ3n) is 2.29. The number of nitrogens with zero attached hydrogens (tertiary/aromatic N) is 1. The molecule has 0 aromatic carbocycles. The van der Waals surface area contributed by atoms with Crippen LogP contribution in [-0.4, -0.2) is 16.9 Å². The van der Waals surface area contributed by atoms with Gasteiger partial charge in [-0.1, -0.05) is 5.92 Å². The van der Waals surface area contributed by atoms with E-state index in [9.17, 15) is 4.79 Å². The maximum atomic E-state index is 11.9. The van der Waals surface area contributed by atoms with E-state index in [1.165, 1.54) is 11.3 Å². The number of nitrogens with one attached hydrogen (secondary N) is 1. The summed E-state index contributed by atoms with van der Waals surface area (Å²) in [5, 5.41) is 2.68. The molecule has 5 heteroatoms. The van der Waals surface area contributed by atoms with E-state index in [1.54, 1.807) is 13.1 Å². The minimum Gasteiger partial charge on any atom is -0.396 e. The molecule has 0 aliphatic rings. The van der Waals surface area contributed by atoms with Crippen molar-refractivity contribution in [3.63, 3.8) is 0 Å². The number of terminal acetylenes is 1. The minimum atomic E-state index is -0.319. The average Bonchev–Trinajstić information content (AvgIpc) is 2.67. The molecule has 86 valence electrons. The van der Waals surface area contributed by atoms with Crippen LogP contribution in [0, 0.1) is 12.3 Å². The van der Waals surface area contributed by atoms with Crippen molar-refractivity contribution in [1.29, 1.82) is 0 Å². The molecule has 17 heavy (non-hydrogen) atoms. The number of nitrogen functional groups attached to an aromatic ring is 1. The Hall–Kier alpha value is -2.06. The van der Waals surface area contributed by atoms with Crippen LogP contribution in [0.25, 0.3) is 10.2 Å². The summed E-state index contributed by atoms with van der Waals surface area (Å²) in [7, 11) is 0. The first-order valence-electron chi connectivity index (χ1n) is 5.03. The molecule has 2 rings (SSSR count). The Balaban J connectivity index is 2.40. The highest BCUT2D eigenvalue weighted by atomic mass is 32.1. The number of thiophene rings is 1. The van der Waals surface area contributed by atoms with Gasteiger partial charge in [0.05, 0.1) is 16.4 Å². The van der Waals surface area contributed by atoms with Gasteiger partial charge >= 0.3 is 0 Å². The van der Waals surface area contributed by atoms with Gasteiger partial charge < -0.3 is 11.1 Å². The smallest absolute Gasteiger partial charge is 0.264 e. The van der Waals surface area contributed by atoms with E-state index in [4.69, 9.17) is 12.2 Å². The van der Waals surface area contributed by atoms with E-state index < -0.39 is 0 Å². The Morgan fingerprint density at radius 2 is 2.47 bits per heavy atom. The second-order valence-electron chi connectivity index (χ2n) is 3.56. The highest BCUT2D eigenvalue weighted by Crippen LogP contribution is 2.31. The Kier molecular flexibility index (Phi) is 2.98. The lowest BCUT2D eigenvalue weighted by molar-refractivity contribution is 0.0953. The fourth-order valence-corrected chi connectivity index (χ4v) is 2.40. The Labute approximate surface area is 103 Å². The fourth-order valence-electron chi connectivity index (χ4n) is 1.42. The Morgan fingerprint density at radius 3 is 3.12 bits per heavy atom. The SMILES string of the molecule is C#CC(C)NC(=O)c1sc2cccnc2c1N. The van der Waals surface area contributed by atoms with E-state index in [0.29, 0.717) is 16.1 Å². The number of carbonyl (C=O) groups excluding carboxylic acids is 1. The molecule has 0 saturated heterocycles. The number of carbonyl (C=O) groups is 1. The van der Waals surface area contributed by atoms with Gasteiger partial charge in [-0.3, -0.25) is 9.78 Å². The zero-order valence-electron chi connectivity index (χ0n) is 9.23. The maximum absolute atomic E-state index is 11.9. The lowest BCUT2D eigenvalue weighted by Crippen LogP contribution is -2.31. The van der Waals surface area contributed by atoms with Gasteiger partial charge in [0.15, 0.2) is 0 Å². The Morgan fingerprint density at radius 1 is 1.71 bits per heavy atom. The summed E-state index contributed by atoms with van der Waals surface area (Å²) >= 11 is 1.32. The quantitative estimate of drug-likeness (QED) is 0.790. The zero-order chi connectivity index (χ0) is 12.4. The molecule has 2 heterocycles. The first-order chi connectivity index (χ1) is 8.13. The first-order valence-corrected chi connectivity index (χ1v) is 5.85. The molecule has 0 fully saturated rings. The lowest BCUT2D eigenvalue weighted by Gasteiger charge is -2.06. The normalized spacial score (nSPS) is 12.0. The van der Waals surface area contributed by atoms with E-state index >= 15 is 0 Å². The number of fused-ring (bicyclic) bond motifs is 1. The van der Waals surface area contributed by atoms with Crippen LogP contribution in [0.2, 0.25) is 0 Å². The molecule has 3 N–H and O–H groups in total. The number of hydrogen-bond donors (Lipinski definition) is 2. The van der Waals surface area contributed by atoms with Crippen molar-refractivity contribution in [3.05, 3.63) is 23.2 Å². The monoisotopic (exact) mass is 245 g/mol. The molecule has 0 aliphatic carbocycles. The summed E-state index contributed by atoms with van der Waals surface area (Å²) in [6, 6.07) is 3.37. The van der Waals surface area contributed by atoms with Crippen molar-refractivity contribution in [2.75, 3.05) is 5.73 Å². The van der Waals surface area contributed by atoms with Gasteiger partial charge in [0.1, 0.15) is 10.4 Å². The summed E-state index contributed by atoms with van der Waals surface area (Å²) < 4.78 is 0.892. The summed E-state index contributed by atoms with van der Waals surface area (Å²) in [6.45, 7) is 1.74. The molecule has 0 spiro atoms. The summed E-state index contributed by atoms with van der Waals surface area (Å²) in [4.78, 5) is 16.5. The number of rotatable bonds is 2. The zero-order valence-corrected chi connectivity index (χ0v) is 10.0. The molecule has 1 unspecified atom stereocenters. The summed E-state index contributed by atoms with van der Waals surface area (Å²) in [5.74, 6) is 2.18. The highest BCUT2D eigenvalue weighted by molar-refractivity contribution is 7.21. The Bertz CT molecular complexity index is 612. The number of hydrogen-bond acceptors (Lipinski definition) is 4. The van der Waals surface area contributed by atoms with Crippen molar-refractivity contribution in [1.82, 2.24) is 10.3 Å². The van der Waals surface area contributed by atoms with E-state index in [-0.39, 0.29) is 11.9 Å². The highest BCUT2D eigenvalue weighted by Gasteiger charge is 2.17. The van der Waals surface area contributed by atoms with Crippen molar-refractivity contribution in [2.24, 2.45) is 0 Å². The van der Waals surface area contributed by atoms with E-state index in [2.05, 4.69) is 16.2 Å². The molecule has 0 radical (unpaired) electrons. The van der Waals surface area contributed by atoms with Crippen LogP contribution >= 0.6 is 11.3 Å². The van der Waals surface area contributed by atoms with Crippen LogP contribution in [0.4, 0.5) is 5.69 Å². The van der Waals surface area contributed by atoms with E-state index in [0.717, 1.165) is 4.70 Å². The predicted octanol–water partition coefficient (Wildman–Crippen LogP) is 1.63. The van der Waals surface area contributed by atoms with Crippen LogP contribution < -0.4 is 11.1 Å².